The maximum absolute atomic E-state index is 9.74. The number of hydrogen-bond donors (Lipinski definition) is 6. The third-order valence-corrected chi connectivity index (χ3v) is 6.49. The molecule has 0 aliphatic carbocycles. The number of phenolic OH excluding ortho intramolecular Hbond substituents is 6. The van der Waals surface area contributed by atoms with Gasteiger partial charge in [0.25, 0.3) is 0 Å². The fraction of sp³-hybridized carbons (Fsp3) is 0.200. The zero-order chi connectivity index (χ0) is 27.4. The van der Waals surface area contributed by atoms with Gasteiger partial charge in [-0.1, -0.05) is 24.3 Å². The van der Waals surface area contributed by atoms with Gasteiger partial charge in [0.2, 0.25) is 0 Å². The van der Waals surface area contributed by atoms with E-state index in [1.165, 1.54) is 24.3 Å². The molecule has 0 spiro atoms. The lowest BCUT2D eigenvalue weighted by molar-refractivity contribution is 0.367. The lowest BCUT2D eigenvalue weighted by Crippen LogP contribution is -1.97. The van der Waals surface area contributed by atoms with Crippen molar-refractivity contribution in [2.75, 3.05) is 14.2 Å². The zero-order valence-electron chi connectivity index (χ0n) is 21.1. The van der Waals surface area contributed by atoms with Crippen LogP contribution in [0.4, 0.5) is 0 Å². The van der Waals surface area contributed by atoms with E-state index in [2.05, 4.69) is 0 Å². The molecule has 4 aromatic rings. The van der Waals surface area contributed by atoms with Crippen LogP contribution in [0.3, 0.4) is 0 Å². The molecule has 0 unspecified atom stereocenters. The molecule has 0 heterocycles. The molecule has 0 radical (unpaired) electrons. The molecule has 4 rings (SSSR count). The van der Waals surface area contributed by atoms with Gasteiger partial charge in [-0.05, 0) is 84.3 Å². The molecule has 0 fully saturated rings. The van der Waals surface area contributed by atoms with Crippen molar-refractivity contribution in [1.82, 2.24) is 0 Å². The van der Waals surface area contributed by atoms with Crippen LogP contribution in [-0.4, -0.2) is 44.9 Å². The van der Waals surface area contributed by atoms with Crippen molar-refractivity contribution in [3.8, 4) is 57.1 Å². The highest BCUT2D eigenvalue weighted by Gasteiger charge is 2.15. The molecule has 198 valence electrons. The summed E-state index contributed by atoms with van der Waals surface area (Å²) in [5.74, 6) is -1.16. The monoisotopic (exact) mass is 518 g/mol. The van der Waals surface area contributed by atoms with Gasteiger partial charge >= 0.3 is 0 Å². The number of aryl methyl sites for hydroxylation is 4. The van der Waals surface area contributed by atoms with E-state index in [4.69, 9.17) is 9.47 Å². The van der Waals surface area contributed by atoms with Crippen LogP contribution in [0.25, 0.3) is 11.1 Å². The van der Waals surface area contributed by atoms with E-state index >= 15 is 0 Å². The molecule has 0 aliphatic rings. The Balaban J connectivity index is 1.51. The van der Waals surface area contributed by atoms with Crippen LogP contribution >= 0.6 is 0 Å². The normalized spacial score (nSPS) is 10.9. The summed E-state index contributed by atoms with van der Waals surface area (Å²) in [6.07, 6.45) is 2.33. The molecule has 0 aliphatic heterocycles. The van der Waals surface area contributed by atoms with Crippen molar-refractivity contribution >= 4 is 0 Å². The first-order valence-electron chi connectivity index (χ1n) is 12.0. The molecule has 6 N–H and O–H groups in total. The lowest BCUT2D eigenvalue weighted by Gasteiger charge is -2.15. The first kappa shape index (κ1) is 26.3. The minimum Gasteiger partial charge on any atom is -0.504 e. The van der Waals surface area contributed by atoms with Crippen LogP contribution in [0.2, 0.25) is 0 Å². The van der Waals surface area contributed by atoms with E-state index in [0.29, 0.717) is 48.3 Å². The van der Waals surface area contributed by atoms with Gasteiger partial charge in [0.05, 0.1) is 14.2 Å². The number of methoxy groups -OCH3 is 2. The standard InChI is InChI=1S/C30H30O8/c1-37-27-15-17(3-5-19-11-23(31)29(35)24(32)12-19)7-9-21(27)22-10-8-18(16-28(22)38-2)4-6-20-13-25(33)30(36)26(34)14-20/h7-16,31-36H,3-6H2,1-2H3. The Morgan fingerprint density at radius 1 is 0.447 bits per heavy atom. The topological polar surface area (TPSA) is 140 Å². The van der Waals surface area contributed by atoms with E-state index in [1.54, 1.807) is 14.2 Å². The highest BCUT2D eigenvalue weighted by molar-refractivity contribution is 5.76. The van der Waals surface area contributed by atoms with Gasteiger partial charge in [-0.15, -0.1) is 0 Å². The summed E-state index contributed by atoms with van der Waals surface area (Å²) < 4.78 is 11.4. The SMILES string of the molecule is COc1cc(CCc2cc(O)c(O)c(O)c2)ccc1-c1ccc(CCc2cc(O)c(O)c(O)c2)cc1OC. The molecule has 0 saturated heterocycles. The second-order valence-corrected chi connectivity index (χ2v) is 9.03. The number of aromatic hydroxyl groups is 6. The Hall–Kier alpha value is -4.72. The summed E-state index contributed by atoms with van der Waals surface area (Å²) in [5.41, 5.74) is 5.08. The second-order valence-electron chi connectivity index (χ2n) is 9.03. The van der Waals surface area contributed by atoms with E-state index in [1.807, 2.05) is 36.4 Å². The molecule has 8 heteroatoms. The van der Waals surface area contributed by atoms with Crippen molar-refractivity contribution in [2.45, 2.75) is 25.7 Å². The van der Waals surface area contributed by atoms with E-state index in [0.717, 1.165) is 22.3 Å². The molecule has 0 bridgehead atoms. The molecule has 4 aromatic carbocycles. The highest BCUT2D eigenvalue weighted by Crippen LogP contribution is 2.39. The predicted molar refractivity (Wildman–Crippen MR) is 143 cm³/mol. The van der Waals surface area contributed by atoms with Crippen LogP contribution in [0.15, 0.2) is 60.7 Å². The summed E-state index contributed by atoms with van der Waals surface area (Å²) >= 11 is 0. The van der Waals surface area contributed by atoms with Gasteiger partial charge < -0.3 is 40.1 Å². The van der Waals surface area contributed by atoms with Crippen molar-refractivity contribution in [2.24, 2.45) is 0 Å². The molecule has 38 heavy (non-hydrogen) atoms. The Morgan fingerprint density at radius 2 is 0.763 bits per heavy atom. The minimum absolute atomic E-state index is 0.358. The van der Waals surface area contributed by atoms with Crippen LogP contribution < -0.4 is 9.47 Å². The fourth-order valence-corrected chi connectivity index (χ4v) is 4.41. The first-order valence-corrected chi connectivity index (χ1v) is 12.0. The van der Waals surface area contributed by atoms with Gasteiger partial charge in [0, 0.05) is 11.1 Å². The van der Waals surface area contributed by atoms with E-state index < -0.39 is 11.5 Å². The Bertz CT molecular complexity index is 1300. The number of phenols is 6. The van der Waals surface area contributed by atoms with Crippen LogP contribution in [-0.2, 0) is 25.7 Å². The summed E-state index contributed by atoms with van der Waals surface area (Å²) in [6.45, 7) is 0. The largest absolute Gasteiger partial charge is 0.504 e. The van der Waals surface area contributed by atoms with Gasteiger partial charge in [0.1, 0.15) is 11.5 Å². The first-order chi connectivity index (χ1) is 18.2. The van der Waals surface area contributed by atoms with Crippen LogP contribution in [0, 0.1) is 0 Å². The number of rotatable bonds is 9. The number of hydrogen-bond acceptors (Lipinski definition) is 8. The molecular weight excluding hydrogens is 488 g/mol. The summed E-state index contributed by atoms with van der Waals surface area (Å²) in [6, 6.07) is 17.5. The van der Waals surface area contributed by atoms with Crippen molar-refractivity contribution in [3.05, 3.63) is 82.9 Å². The van der Waals surface area contributed by atoms with Crippen molar-refractivity contribution in [3.63, 3.8) is 0 Å². The molecule has 0 aromatic heterocycles. The third-order valence-electron chi connectivity index (χ3n) is 6.49. The minimum atomic E-state index is -0.529. The van der Waals surface area contributed by atoms with Gasteiger partial charge in [0.15, 0.2) is 34.5 Å². The van der Waals surface area contributed by atoms with Gasteiger partial charge in [-0.25, -0.2) is 0 Å². The zero-order valence-corrected chi connectivity index (χ0v) is 21.1. The molecule has 0 atom stereocenters. The van der Waals surface area contributed by atoms with Crippen molar-refractivity contribution < 1.29 is 40.1 Å². The highest BCUT2D eigenvalue weighted by atomic mass is 16.5. The van der Waals surface area contributed by atoms with Gasteiger partial charge in [-0.2, -0.15) is 0 Å². The van der Waals surface area contributed by atoms with Crippen LogP contribution in [0.1, 0.15) is 22.3 Å². The number of benzene rings is 4. The maximum atomic E-state index is 9.74. The molecular formula is C30H30O8. The quantitative estimate of drug-likeness (QED) is 0.167. The number of ether oxygens (including phenoxy) is 2. The Morgan fingerprint density at radius 3 is 1.08 bits per heavy atom. The summed E-state index contributed by atoms with van der Waals surface area (Å²) in [5, 5.41) is 58.1. The maximum Gasteiger partial charge on any atom is 0.200 e. The van der Waals surface area contributed by atoms with Crippen molar-refractivity contribution in [1.29, 1.82) is 0 Å². The summed E-state index contributed by atoms with van der Waals surface area (Å²) in [7, 11) is 3.20. The van der Waals surface area contributed by atoms with Crippen LogP contribution in [0.5, 0.6) is 46.0 Å². The fourth-order valence-electron chi connectivity index (χ4n) is 4.41. The van der Waals surface area contributed by atoms with E-state index in [9.17, 15) is 30.6 Å². The molecule has 8 nitrogen and oxygen atoms in total. The molecule has 0 saturated carbocycles. The second kappa shape index (κ2) is 11.1. The van der Waals surface area contributed by atoms with E-state index in [-0.39, 0.29) is 23.0 Å². The third kappa shape index (κ3) is 5.64. The van der Waals surface area contributed by atoms with Gasteiger partial charge in [-0.3, -0.25) is 0 Å². The Kier molecular flexibility index (Phi) is 7.71. The average Bonchev–Trinajstić information content (AvgIpc) is 2.91. The predicted octanol–water partition coefficient (Wildman–Crippen LogP) is 5.17. The Labute approximate surface area is 220 Å². The molecule has 0 amide bonds. The smallest absolute Gasteiger partial charge is 0.200 e. The summed E-state index contributed by atoms with van der Waals surface area (Å²) in [4.78, 5) is 0. The lowest BCUT2D eigenvalue weighted by atomic mass is 9.96. The average molecular weight is 519 g/mol.